The lowest BCUT2D eigenvalue weighted by Gasteiger charge is -2.06. The molecule has 0 saturated heterocycles. The highest BCUT2D eigenvalue weighted by atomic mass is 16.5. The fourth-order valence-corrected chi connectivity index (χ4v) is 1.11. The quantitative estimate of drug-likeness (QED) is 0.751. The van der Waals surface area contributed by atoms with Gasteiger partial charge in [-0.2, -0.15) is 0 Å². The van der Waals surface area contributed by atoms with Crippen molar-refractivity contribution in [3.8, 4) is 5.75 Å². The fraction of sp³-hybridized carbons (Fsp3) is 0.300. The van der Waals surface area contributed by atoms with E-state index in [1.165, 1.54) is 0 Å². The van der Waals surface area contributed by atoms with Gasteiger partial charge in [0.15, 0.2) is 0 Å². The number of carbonyl (C=O) groups excluding carboxylic acids is 1. The number of methoxy groups -OCH3 is 1. The van der Waals surface area contributed by atoms with Gasteiger partial charge >= 0.3 is 0 Å². The van der Waals surface area contributed by atoms with Crippen LogP contribution in [-0.2, 0) is 11.2 Å². The number of amides is 1. The second-order valence-electron chi connectivity index (χ2n) is 2.66. The zero-order valence-electron chi connectivity index (χ0n) is 7.83. The van der Waals surface area contributed by atoms with E-state index >= 15 is 0 Å². The summed E-state index contributed by atoms with van der Waals surface area (Å²) < 4.78 is 5.11. The summed E-state index contributed by atoms with van der Waals surface area (Å²) in [5, 5.41) is 2.57. The summed E-state index contributed by atoms with van der Waals surface area (Å²) in [4.78, 5) is 11.1. The van der Waals surface area contributed by atoms with Crippen LogP contribution in [0.3, 0.4) is 0 Å². The third-order valence-electron chi connectivity index (χ3n) is 1.82. The van der Waals surface area contributed by atoms with Crippen molar-refractivity contribution >= 4 is 5.91 Å². The molecule has 1 N–H and O–H groups in total. The van der Waals surface area contributed by atoms with Gasteiger partial charge in [-0.1, -0.05) is 18.2 Å². The Balaban J connectivity index is 2.81. The second-order valence-corrected chi connectivity index (χ2v) is 2.66. The molecular formula is C10H13NO2. The highest BCUT2D eigenvalue weighted by molar-refractivity contribution is 5.78. The first-order chi connectivity index (χ1) is 6.27. The molecule has 1 rings (SSSR count). The SMILES string of the molecule is CNC(=O)Cc1ccccc1OC. The lowest BCUT2D eigenvalue weighted by Crippen LogP contribution is -2.20. The van der Waals surface area contributed by atoms with Gasteiger partial charge in [-0.3, -0.25) is 4.79 Å². The Morgan fingerprint density at radius 2 is 2.15 bits per heavy atom. The molecule has 13 heavy (non-hydrogen) atoms. The molecule has 0 aliphatic rings. The van der Waals surface area contributed by atoms with Crippen molar-refractivity contribution in [1.82, 2.24) is 5.32 Å². The van der Waals surface area contributed by atoms with Crippen LogP contribution in [0, 0.1) is 0 Å². The number of likely N-dealkylation sites (N-methyl/N-ethyl adjacent to an activating group) is 1. The summed E-state index contributed by atoms with van der Waals surface area (Å²) in [6, 6.07) is 7.50. The average molecular weight is 179 g/mol. The Morgan fingerprint density at radius 3 is 2.77 bits per heavy atom. The molecule has 0 spiro atoms. The van der Waals surface area contributed by atoms with Crippen molar-refractivity contribution in [2.75, 3.05) is 14.2 Å². The summed E-state index contributed by atoms with van der Waals surface area (Å²) in [7, 11) is 3.22. The molecule has 0 heterocycles. The standard InChI is InChI=1S/C10H13NO2/c1-11-10(12)7-8-5-3-4-6-9(8)13-2/h3-6H,7H2,1-2H3,(H,11,12). The summed E-state index contributed by atoms with van der Waals surface area (Å²) in [6.45, 7) is 0. The monoisotopic (exact) mass is 179 g/mol. The Kier molecular flexibility index (Phi) is 3.31. The molecule has 0 atom stereocenters. The average Bonchev–Trinajstić information content (AvgIpc) is 2.18. The van der Waals surface area contributed by atoms with Crippen molar-refractivity contribution in [1.29, 1.82) is 0 Å². The van der Waals surface area contributed by atoms with Crippen LogP contribution in [0.4, 0.5) is 0 Å². The predicted octanol–water partition coefficient (Wildman–Crippen LogP) is 0.984. The summed E-state index contributed by atoms with van der Waals surface area (Å²) >= 11 is 0. The maximum absolute atomic E-state index is 11.1. The molecule has 0 aliphatic carbocycles. The Bertz CT molecular complexity index is 297. The first-order valence-corrected chi connectivity index (χ1v) is 4.10. The van der Waals surface area contributed by atoms with Gasteiger partial charge in [0, 0.05) is 12.6 Å². The summed E-state index contributed by atoms with van der Waals surface area (Å²) in [5.41, 5.74) is 0.907. The maximum atomic E-state index is 11.1. The van der Waals surface area contributed by atoms with Gasteiger partial charge in [-0.15, -0.1) is 0 Å². The Morgan fingerprint density at radius 1 is 1.46 bits per heavy atom. The fourth-order valence-electron chi connectivity index (χ4n) is 1.11. The van der Waals surface area contributed by atoms with E-state index in [9.17, 15) is 4.79 Å². The van der Waals surface area contributed by atoms with E-state index in [1.807, 2.05) is 24.3 Å². The number of para-hydroxylation sites is 1. The minimum atomic E-state index is -0.00972. The van der Waals surface area contributed by atoms with E-state index in [-0.39, 0.29) is 5.91 Å². The molecule has 0 saturated carbocycles. The lowest BCUT2D eigenvalue weighted by atomic mass is 10.1. The number of nitrogens with one attached hydrogen (secondary N) is 1. The minimum absolute atomic E-state index is 0.00972. The molecule has 3 heteroatoms. The van der Waals surface area contributed by atoms with Crippen LogP contribution in [0.5, 0.6) is 5.75 Å². The Labute approximate surface area is 77.7 Å². The zero-order valence-corrected chi connectivity index (χ0v) is 7.83. The highest BCUT2D eigenvalue weighted by Crippen LogP contribution is 2.17. The van der Waals surface area contributed by atoms with E-state index in [0.29, 0.717) is 6.42 Å². The molecule has 3 nitrogen and oxygen atoms in total. The van der Waals surface area contributed by atoms with E-state index in [1.54, 1.807) is 14.2 Å². The summed E-state index contributed by atoms with van der Waals surface area (Å²) in [5.74, 6) is 0.746. The number of ether oxygens (including phenoxy) is 1. The number of benzene rings is 1. The Hall–Kier alpha value is -1.51. The predicted molar refractivity (Wildman–Crippen MR) is 50.8 cm³/mol. The largest absolute Gasteiger partial charge is 0.496 e. The van der Waals surface area contributed by atoms with Gasteiger partial charge in [0.05, 0.1) is 13.5 Å². The molecule has 1 aromatic rings. The first kappa shape index (κ1) is 9.58. The third kappa shape index (κ3) is 2.47. The van der Waals surface area contributed by atoms with Gasteiger partial charge in [0.2, 0.25) is 5.91 Å². The van der Waals surface area contributed by atoms with Crippen LogP contribution in [0.25, 0.3) is 0 Å². The van der Waals surface area contributed by atoms with Crippen LogP contribution < -0.4 is 10.1 Å². The second kappa shape index (κ2) is 4.50. The van der Waals surface area contributed by atoms with Gasteiger partial charge < -0.3 is 10.1 Å². The van der Waals surface area contributed by atoms with E-state index < -0.39 is 0 Å². The van der Waals surface area contributed by atoms with Gasteiger partial charge in [0.1, 0.15) is 5.75 Å². The van der Waals surface area contributed by atoms with Gasteiger partial charge in [-0.25, -0.2) is 0 Å². The molecule has 0 unspecified atom stereocenters. The van der Waals surface area contributed by atoms with Crippen LogP contribution in [0.1, 0.15) is 5.56 Å². The normalized spacial score (nSPS) is 9.38. The van der Waals surface area contributed by atoms with Gasteiger partial charge in [-0.05, 0) is 6.07 Å². The molecule has 1 amide bonds. The molecule has 0 bridgehead atoms. The smallest absolute Gasteiger partial charge is 0.224 e. The molecule has 0 aliphatic heterocycles. The number of rotatable bonds is 3. The third-order valence-corrected chi connectivity index (χ3v) is 1.82. The number of carbonyl (C=O) groups is 1. The molecule has 1 aromatic carbocycles. The van der Waals surface area contributed by atoms with Crippen molar-refractivity contribution < 1.29 is 9.53 Å². The van der Waals surface area contributed by atoms with E-state index in [2.05, 4.69) is 5.32 Å². The van der Waals surface area contributed by atoms with E-state index in [4.69, 9.17) is 4.74 Å². The van der Waals surface area contributed by atoms with Crippen molar-refractivity contribution in [2.45, 2.75) is 6.42 Å². The van der Waals surface area contributed by atoms with Crippen molar-refractivity contribution in [3.63, 3.8) is 0 Å². The molecular weight excluding hydrogens is 166 g/mol. The number of hydrogen-bond donors (Lipinski definition) is 1. The number of hydrogen-bond acceptors (Lipinski definition) is 2. The molecule has 0 radical (unpaired) electrons. The van der Waals surface area contributed by atoms with Crippen molar-refractivity contribution in [3.05, 3.63) is 29.8 Å². The zero-order chi connectivity index (χ0) is 9.68. The molecule has 0 fully saturated rings. The highest BCUT2D eigenvalue weighted by Gasteiger charge is 2.05. The van der Waals surface area contributed by atoms with Crippen LogP contribution in [-0.4, -0.2) is 20.1 Å². The van der Waals surface area contributed by atoms with Crippen LogP contribution >= 0.6 is 0 Å². The van der Waals surface area contributed by atoms with Crippen LogP contribution in [0.2, 0.25) is 0 Å². The maximum Gasteiger partial charge on any atom is 0.224 e. The van der Waals surface area contributed by atoms with Crippen LogP contribution in [0.15, 0.2) is 24.3 Å². The first-order valence-electron chi connectivity index (χ1n) is 4.10. The molecule has 70 valence electrons. The van der Waals surface area contributed by atoms with Gasteiger partial charge in [0.25, 0.3) is 0 Å². The lowest BCUT2D eigenvalue weighted by molar-refractivity contribution is -0.119. The van der Waals surface area contributed by atoms with Crippen molar-refractivity contribution in [2.24, 2.45) is 0 Å². The van der Waals surface area contributed by atoms with E-state index in [0.717, 1.165) is 11.3 Å². The molecule has 0 aromatic heterocycles. The topological polar surface area (TPSA) is 38.3 Å². The minimum Gasteiger partial charge on any atom is -0.496 e. The summed E-state index contributed by atoms with van der Waals surface area (Å²) in [6.07, 6.45) is 0.362.